The van der Waals surface area contributed by atoms with E-state index in [4.69, 9.17) is 9.47 Å². The molecule has 16 unspecified atom stereocenters. The van der Waals surface area contributed by atoms with E-state index in [1.807, 2.05) is 0 Å². The number of rotatable bonds is 31. The largest absolute Gasteiger partial charge is 0.394 e. The van der Waals surface area contributed by atoms with Crippen molar-refractivity contribution in [2.24, 2.45) is 59.2 Å². The third-order valence-corrected chi connectivity index (χ3v) is 17.3. The molecule has 2 heterocycles. The highest BCUT2D eigenvalue weighted by Crippen LogP contribution is 2.84. The molecular weight excluding hydrogens is 733 g/mol. The van der Waals surface area contributed by atoms with Crippen molar-refractivity contribution >= 4 is 0 Å². The van der Waals surface area contributed by atoms with E-state index < -0.39 is 55.4 Å². The van der Waals surface area contributed by atoms with Gasteiger partial charge in [-0.05, 0) is 91.8 Å². The van der Waals surface area contributed by atoms with Crippen molar-refractivity contribution in [2.45, 2.75) is 229 Å². The van der Waals surface area contributed by atoms with E-state index >= 15 is 0 Å². The molecule has 0 spiro atoms. The van der Waals surface area contributed by atoms with Crippen molar-refractivity contribution in [3.05, 3.63) is 0 Å². The summed E-state index contributed by atoms with van der Waals surface area (Å²) < 4.78 is 11.6. The molecule has 336 valence electrons. The summed E-state index contributed by atoms with van der Waals surface area (Å²) in [5.74, 6) is 9.94. The Hall–Kier alpha value is -0.400. The molecule has 0 aromatic carbocycles. The zero-order valence-electron chi connectivity index (χ0n) is 36.3. The molecule has 0 aromatic heterocycles. The third-order valence-electron chi connectivity index (χ3n) is 17.3. The van der Waals surface area contributed by atoms with E-state index in [1.165, 1.54) is 127 Å². The van der Waals surface area contributed by atoms with Gasteiger partial charge in [-0.15, -0.1) is 0 Å². The van der Waals surface area contributed by atoms with Gasteiger partial charge in [0.1, 0.15) is 24.4 Å². The molecule has 0 aromatic rings. The van der Waals surface area contributed by atoms with Gasteiger partial charge < -0.3 is 40.1 Å². The van der Waals surface area contributed by atoms with E-state index in [1.54, 1.807) is 12.8 Å². The zero-order valence-corrected chi connectivity index (χ0v) is 36.3. The Morgan fingerprint density at radius 2 is 1.16 bits per heavy atom. The molecule has 7 rings (SSSR count). The molecule has 10 heteroatoms. The number of unbranched alkanes of at least 4 members (excludes halogenated alkanes) is 18. The summed E-state index contributed by atoms with van der Waals surface area (Å²) in [5.41, 5.74) is 6.83. The Morgan fingerprint density at radius 1 is 0.586 bits per heavy atom. The van der Waals surface area contributed by atoms with Gasteiger partial charge in [0.05, 0.1) is 25.4 Å². The fraction of sp³-hybridized carbons (Fsp3) is 1.00. The van der Waals surface area contributed by atoms with Gasteiger partial charge in [0.15, 0.2) is 6.29 Å². The van der Waals surface area contributed by atoms with Gasteiger partial charge in [0.25, 0.3) is 0 Å². The van der Waals surface area contributed by atoms with Crippen LogP contribution in [0.1, 0.15) is 174 Å². The lowest BCUT2D eigenvalue weighted by molar-refractivity contribution is -0.305. The Balaban J connectivity index is 0.765. The van der Waals surface area contributed by atoms with E-state index in [-0.39, 0.29) is 18.7 Å². The van der Waals surface area contributed by atoms with Crippen LogP contribution in [-0.4, -0.2) is 98.9 Å². The Morgan fingerprint density at radius 3 is 1.79 bits per heavy atom. The number of ether oxygens (including phenoxy) is 2. The predicted octanol–water partition coefficient (Wildman–Crippen LogP) is 6.76. The smallest absolute Gasteiger partial charge is 0.186 e. The molecule has 5 aliphatic carbocycles. The normalized spacial score (nSPS) is 40.8. The second-order valence-electron chi connectivity index (χ2n) is 20.8. The topological polar surface area (TPSA) is 164 Å². The first-order valence-corrected chi connectivity index (χ1v) is 25.1. The summed E-state index contributed by atoms with van der Waals surface area (Å²) in [6.45, 7) is 1.69. The van der Waals surface area contributed by atoms with Crippen LogP contribution in [0.5, 0.6) is 0 Å². The summed E-state index contributed by atoms with van der Waals surface area (Å²) in [6.07, 6.45) is 23.7. The molecule has 0 amide bonds. The molecule has 5 saturated carbocycles. The summed E-state index contributed by atoms with van der Waals surface area (Å²) in [5, 5.41) is 63.5. The highest BCUT2D eigenvalue weighted by atomic mass is 16.7. The highest BCUT2D eigenvalue weighted by molar-refractivity contribution is 5.27. The van der Waals surface area contributed by atoms with Crippen molar-refractivity contribution < 1.29 is 40.1 Å². The quantitative estimate of drug-likeness (QED) is 0.0351. The van der Waals surface area contributed by atoms with Crippen LogP contribution in [0.4, 0.5) is 0 Å². The lowest BCUT2D eigenvalue weighted by Crippen LogP contribution is -2.59. The number of aliphatic hydroxyl groups excluding tert-OH is 6. The van der Waals surface area contributed by atoms with Gasteiger partial charge in [-0.25, -0.2) is 0 Å². The summed E-state index contributed by atoms with van der Waals surface area (Å²) >= 11 is 0. The minimum atomic E-state index is -1.53. The Labute approximate surface area is 351 Å². The molecule has 2 saturated heterocycles. The molecule has 8 N–H and O–H groups in total. The summed E-state index contributed by atoms with van der Waals surface area (Å²) in [6, 6.07) is 0.0749. The highest BCUT2D eigenvalue weighted by Gasteiger charge is 2.79. The SMILES string of the molecule is CCCCCCCCCCCCCC[C@@H](O)[C@@H](O)[C@H](COC1OC(CO)C(O)C(O)C1O)C1CC(CCCCCCCCCCC2C3C4CC5C6C4CC3C6C25)NN1. The number of hydrogen-bond acceptors (Lipinski definition) is 10. The molecule has 0 radical (unpaired) electrons. The minimum Gasteiger partial charge on any atom is -0.394 e. The zero-order chi connectivity index (χ0) is 40.6. The predicted molar refractivity (Wildman–Crippen MR) is 226 cm³/mol. The average molecular weight is 819 g/mol. The molecule has 10 nitrogen and oxygen atoms in total. The number of hydrogen-bond donors (Lipinski definition) is 8. The minimum absolute atomic E-state index is 0.0315. The fourth-order valence-corrected chi connectivity index (χ4v) is 14.5. The number of aliphatic hydroxyl groups is 6. The second-order valence-corrected chi connectivity index (χ2v) is 20.8. The fourth-order valence-electron chi connectivity index (χ4n) is 14.5. The van der Waals surface area contributed by atoms with Crippen LogP contribution < -0.4 is 10.9 Å². The van der Waals surface area contributed by atoms with Crippen molar-refractivity contribution in [2.75, 3.05) is 13.2 Å². The van der Waals surface area contributed by atoms with E-state index in [9.17, 15) is 30.6 Å². The number of hydrazine groups is 1. The molecular formula is C48H86N2O8. The molecule has 7 fully saturated rings. The standard InChI is InChI=1S/C48H86N2O8/c1-2-3-4-5-6-7-8-9-10-15-18-21-24-38(52)44(53)36(29-57-48-47(56)46(55)45(54)39(28-51)58-48)37-25-30(49-50-37)22-19-16-13-11-12-14-17-20-23-31-40-32-26-35-41(31)43-34(40)27-33(32)42(35)43/h30-56H,2-29H2,1H3/t30?,31?,32?,33?,34?,35?,36-,37?,38-,39?,40?,41?,42?,43?,44+,45?,46?,47?,48?/m1/s1. The summed E-state index contributed by atoms with van der Waals surface area (Å²) in [7, 11) is 0. The maximum absolute atomic E-state index is 11.5. The molecule has 2 bridgehead atoms. The van der Waals surface area contributed by atoms with Gasteiger partial charge in [-0.2, -0.15) is 0 Å². The average Bonchev–Trinajstić information content (AvgIpc) is 3.96. The molecule has 2 aliphatic heterocycles. The Bertz CT molecular complexity index is 1190. The van der Waals surface area contributed by atoms with Crippen LogP contribution in [0.15, 0.2) is 0 Å². The first-order chi connectivity index (χ1) is 28.3. The molecule has 7 aliphatic rings. The first-order valence-electron chi connectivity index (χ1n) is 25.1. The second kappa shape index (κ2) is 22.3. The van der Waals surface area contributed by atoms with Crippen LogP contribution in [0.2, 0.25) is 0 Å². The van der Waals surface area contributed by atoms with Crippen molar-refractivity contribution in [1.82, 2.24) is 10.9 Å². The first kappa shape index (κ1) is 45.6. The number of nitrogens with one attached hydrogen (secondary N) is 2. The maximum atomic E-state index is 11.5. The lowest BCUT2D eigenvalue weighted by Gasteiger charge is -2.48. The van der Waals surface area contributed by atoms with Gasteiger partial charge >= 0.3 is 0 Å². The van der Waals surface area contributed by atoms with Gasteiger partial charge in [0.2, 0.25) is 0 Å². The maximum Gasteiger partial charge on any atom is 0.186 e. The Kier molecular flexibility index (Phi) is 17.5. The lowest BCUT2D eigenvalue weighted by atomic mass is 9.57. The summed E-state index contributed by atoms with van der Waals surface area (Å²) in [4.78, 5) is 0. The third kappa shape index (κ3) is 10.3. The van der Waals surface area contributed by atoms with Gasteiger partial charge in [0, 0.05) is 18.0 Å². The van der Waals surface area contributed by atoms with Gasteiger partial charge in [-0.1, -0.05) is 135 Å². The number of fused-ring (bicyclic) bond motifs is 2. The van der Waals surface area contributed by atoms with Crippen molar-refractivity contribution in [3.8, 4) is 0 Å². The van der Waals surface area contributed by atoms with E-state index in [0.29, 0.717) is 6.42 Å². The van der Waals surface area contributed by atoms with Crippen LogP contribution in [0, 0.1) is 59.2 Å². The molecule has 19 atom stereocenters. The van der Waals surface area contributed by atoms with E-state index in [2.05, 4.69) is 17.8 Å². The van der Waals surface area contributed by atoms with Crippen molar-refractivity contribution in [3.63, 3.8) is 0 Å². The van der Waals surface area contributed by atoms with Crippen LogP contribution in [0.3, 0.4) is 0 Å². The monoisotopic (exact) mass is 819 g/mol. The van der Waals surface area contributed by atoms with Crippen LogP contribution in [0.25, 0.3) is 0 Å². The molecule has 58 heavy (non-hydrogen) atoms. The van der Waals surface area contributed by atoms with Crippen molar-refractivity contribution in [1.29, 1.82) is 0 Å². The van der Waals surface area contributed by atoms with E-state index in [0.717, 1.165) is 74.0 Å². The van der Waals surface area contributed by atoms with Crippen LogP contribution in [-0.2, 0) is 9.47 Å². The van der Waals surface area contributed by atoms with Gasteiger partial charge in [-0.3, -0.25) is 10.9 Å². The van der Waals surface area contributed by atoms with Crippen LogP contribution >= 0.6 is 0 Å².